The highest BCUT2D eigenvalue weighted by Crippen LogP contribution is 2.13. The molecule has 0 saturated heterocycles. The SMILES string of the molecule is Cc1ccc(C(=O)Nc2nncs2)cc1C. The van der Waals surface area contributed by atoms with Crippen LogP contribution in [-0.2, 0) is 0 Å². The van der Waals surface area contributed by atoms with E-state index >= 15 is 0 Å². The summed E-state index contributed by atoms with van der Waals surface area (Å²) in [6.07, 6.45) is 0. The molecule has 5 heteroatoms. The van der Waals surface area contributed by atoms with E-state index in [0.29, 0.717) is 10.7 Å². The number of hydrogen-bond acceptors (Lipinski definition) is 4. The number of nitrogens with one attached hydrogen (secondary N) is 1. The van der Waals surface area contributed by atoms with Crippen molar-refractivity contribution in [3.8, 4) is 0 Å². The van der Waals surface area contributed by atoms with Crippen LogP contribution in [0, 0.1) is 13.8 Å². The lowest BCUT2D eigenvalue weighted by atomic mass is 10.1. The van der Waals surface area contributed by atoms with Gasteiger partial charge in [-0.1, -0.05) is 17.4 Å². The number of amides is 1. The van der Waals surface area contributed by atoms with Crippen LogP contribution in [0.5, 0.6) is 0 Å². The number of anilines is 1. The summed E-state index contributed by atoms with van der Waals surface area (Å²) in [4.78, 5) is 11.8. The van der Waals surface area contributed by atoms with E-state index in [1.54, 1.807) is 11.6 Å². The fourth-order valence-electron chi connectivity index (χ4n) is 1.28. The van der Waals surface area contributed by atoms with Crippen molar-refractivity contribution < 1.29 is 4.79 Å². The van der Waals surface area contributed by atoms with E-state index in [0.717, 1.165) is 5.56 Å². The van der Waals surface area contributed by atoms with E-state index in [4.69, 9.17) is 0 Å². The number of aryl methyl sites for hydroxylation is 2. The van der Waals surface area contributed by atoms with Gasteiger partial charge in [0.25, 0.3) is 5.91 Å². The van der Waals surface area contributed by atoms with E-state index < -0.39 is 0 Å². The summed E-state index contributed by atoms with van der Waals surface area (Å²) in [5, 5.41) is 10.6. The minimum Gasteiger partial charge on any atom is -0.296 e. The Morgan fingerprint density at radius 2 is 2.12 bits per heavy atom. The van der Waals surface area contributed by atoms with Crippen LogP contribution in [0.25, 0.3) is 0 Å². The predicted octanol–water partition coefficient (Wildman–Crippen LogP) is 2.41. The van der Waals surface area contributed by atoms with Gasteiger partial charge in [-0.15, -0.1) is 10.2 Å². The molecule has 1 aromatic carbocycles. The Bertz CT molecular complexity index is 508. The summed E-state index contributed by atoms with van der Waals surface area (Å²) >= 11 is 1.30. The van der Waals surface area contributed by atoms with Crippen LogP contribution >= 0.6 is 11.3 Å². The van der Waals surface area contributed by atoms with Crippen molar-refractivity contribution in [3.63, 3.8) is 0 Å². The van der Waals surface area contributed by atoms with Crippen molar-refractivity contribution in [2.24, 2.45) is 0 Å². The van der Waals surface area contributed by atoms with Crippen LogP contribution in [0.2, 0.25) is 0 Å². The molecule has 0 bridgehead atoms. The summed E-state index contributed by atoms with van der Waals surface area (Å²) in [5.41, 5.74) is 4.49. The van der Waals surface area contributed by atoms with Gasteiger partial charge in [0.2, 0.25) is 5.13 Å². The normalized spacial score (nSPS) is 10.1. The molecule has 82 valence electrons. The van der Waals surface area contributed by atoms with E-state index in [9.17, 15) is 4.79 Å². The number of hydrogen-bond donors (Lipinski definition) is 1. The molecule has 0 spiro atoms. The molecule has 0 radical (unpaired) electrons. The zero-order chi connectivity index (χ0) is 11.5. The lowest BCUT2D eigenvalue weighted by molar-refractivity contribution is 0.102. The van der Waals surface area contributed by atoms with Crippen LogP contribution in [0.4, 0.5) is 5.13 Å². The number of nitrogens with zero attached hydrogens (tertiary/aromatic N) is 2. The van der Waals surface area contributed by atoms with Gasteiger partial charge in [0, 0.05) is 5.56 Å². The Morgan fingerprint density at radius 3 is 2.75 bits per heavy atom. The van der Waals surface area contributed by atoms with Gasteiger partial charge in [-0.25, -0.2) is 0 Å². The average molecular weight is 233 g/mol. The average Bonchev–Trinajstić information content (AvgIpc) is 2.74. The van der Waals surface area contributed by atoms with Gasteiger partial charge in [0.1, 0.15) is 5.51 Å². The third-order valence-corrected chi connectivity index (χ3v) is 2.96. The summed E-state index contributed by atoms with van der Waals surface area (Å²) in [6.45, 7) is 4.00. The first-order chi connectivity index (χ1) is 7.66. The largest absolute Gasteiger partial charge is 0.296 e. The van der Waals surface area contributed by atoms with E-state index in [-0.39, 0.29) is 5.91 Å². The molecular weight excluding hydrogens is 222 g/mol. The van der Waals surface area contributed by atoms with Crippen molar-refractivity contribution in [1.29, 1.82) is 0 Å². The minimum atomic E-state index is -0.153. The van der Waals surface area contributed by atoms with Crippen LogP contribution < -0.4 is 5.32 Å². The van der Waals surface area contributed by atoms with Crippen molar-refractivity contribution in [1.82, 2.24) is 10.2 Å². The van der Waals surface area contributed by atoms with Gasteiger partial charge < -0.3 is 0 Å². The van der Waals surface area contributed by atoms with Crippen molar-refractivity contribution in [3.05, 3.63) is 40.4 Å². The second kappa shape index (κ2) is 4.40. The van der Waals surface area contributed by atoms with Crippen LogP contribution in [0.15, 0.2) is 23.7 Å². The molecule has 1 N–H and O–H groups in total. The molecule has 1 heterocycles. The molecule has 0 aliphatic heterocycles. The molecular formula is C11H11N3OS. The molecule has 0 atom stereocenters. The Kier molecular flexibility index (Phi) is 2.96. The lowest BCUT2D eigenvalue weighted by Gasteiger charge is -2.04. The maximum atomic E-state index is 11.8. The molecule has 1 amide bonds. The smallest absolute Gasteiger partial charge is 0.257 e. The molecule has 2 aromatic rings. The summed E-state index contributed by atoms with van der Waals surface area (Å²) in [7, 11) is 0. The van der Waals surface area contributed by atoms with E-state index in [2.05, 4.69) is 15.5 Å². The quantitative estimate of drug-likeness (QED) is 0.866. The molecule has 0 unspecified atom stereocenters. The molecule has 0 fully saturated rings. The van der Waals surface area contributed by atoms with Crippen LogP contribution in [0.3, 0.4) is 0 Å². The lowest BCUT2D eigenvalue weighted by Crippen LogP contribution is -2.12. The first-order valence-corrected chi connectivity index (χ1v) is 5.69. The molecule has 4 nitrogen and oxygen atoms in total. The number of carbonyl (C=O) groups is 1. The molecule has 0 aliphatic rings. The third-order valence-electron chi connectivity index (χ3n) is 2.35. The first-order valence-electron chi connectivity index (χ1n) is 4.81. The second-order valence-electron chi connectivity index (χ2n) is 3.50. The monoisotopic (exact) mass is 233 g/mol. The topological polar surface area (TPSA) is 54.9 Å². The Balaban J connectivity index is 2.18. The van der Waals surface area contributed by atoms with Crippen molar-refractivity contribution >= 4 is 22.4 Å². The number of aromatic nitrogens is 2. The van der Waals surface area contributed by atoms with Crippen molar-refractivity contribution in [2.75, 3.05) is 5.32 Å². The second-order valence-corrected chi connectivity index (χ2v) is 4.33. The highest BCUT2D eigenvalue weighted by molar-refractivity contribution is 7.13. The van der Waals surface area contributed by atoms with E-state index in [1.165, 1.54) is 16.9 Å². The third kappa shape index (κ3) is 2.25. The maximum absolute atomic E-state index is 11.8. The minimum absolute atomic E-state index is 0.153. The number of carbonyl (C=O) groups excluding carboxylic acids is 1. The zero-order valence-electron chi connectivity index (χ0n) is 9.02. The predicted molar refractivity (Wildman–Crippen MR) is 63.8 cm³/mol. The Morgan fingerprint density at radius 1 is 1.31 bits per heavy atom. The molecule has 16 heavy (non-hydrogen) atoms. The number of benzene rings is 1. The summed E-state index contributed by atoms with van der Waals surface area (Å²) in [6, 6.07) is 5.61. The number of rotatable bonds is 2. The Labute approximate surface area is 97.3 Å². The van der Waals surface area contributed by atoms with Crippen LogP contribution in [0.1, 0.15) is 21.5 Å². The molecule has 2 rings (SSSR count). The van der Waals surface area contributed by atoms with E-state index in [1.807, 2.05) is 26.0 Å². The molecule has 1 aromatic heterocycles. The fraction of sp³-hybridized carbons (Fsp3) is 0.182. The highest BCUT2D eigenvalue weighted by atomic mass is 32.1. The molecule has 0 aliphatic carbocycles. The van der Waals surface area contributed by atoms with Gasteiger partial charge in [0.15, 0.2) is 0 Å². The summed E-state index contributed by atoms with van der Waals surface area (Å²) in [5.74, 6) is -0.153. The van der Waals surface area contributed by atoms with Crippen molar-refractivity contribution in [2.45, 2.75) is 13.8 Å². The van der Waals surface area contributed by atoms with Gasteiger partial charge in [-0.2, -0.15) is 0 Å². The van der Waals surface area contributed by atoms with Gasteiger partial charge in [-0.3, -0.25) is 10.1 Å². The van der Waals surface area contributed by atoms with Gasteiger partial charge in [-0.05, 0) is 37.1 Å². The highest BCUT2D eigenvalue weighted by Gasteiger charge is 2.08. The van der Waals surface area contributed by atoms with Gasteiger partial charge in [0.05, 0.1) is 0 Å². The van der Waals surface area contributed by atoms with Crippen LogP contribution in [-0.4, -0.2) is 16.1 Å². The fourth-order valence-corrected chi connectivity index (χ4v) is 1.72. The van der Waals surface area contributed by atoms with Gasteiger partial charge >= 0.3 is 0 Å². The molecule has 0 saturated carbocycles. The first kappa shape index (κ1) is 10.8. The summed E-state index contributed by atoms with van der Waals surface area (Å²) < 4.78 is 0. The maximum Gasteiger partial charge on any atom is 0.257 e. The zero-order valence-corrected chi connectivity index (χ0v) is 9.84. The standard InChI is InChI=1S/C11H11N3OS/c1-7-3-4-9(5-8(7)2)10(15)13-11-14-12-6-16-11/h3-6H,1-2H3,(H,13,14,15). The Hall–Kier alpha value is -1.75.